The second kappa shape index (κ2) is 5.99. The van der Waals surface area contributed by atoms with Crippen molar-refractivity contribution in [2.24, 2.45) is 5.84 Å². The van der Waals surface area contributed by atoms with Crippen LogP contribution in [0.3, 0.4) is 0 Å². The molecule has 0 aliphatic rings. The lowest BCUT2D eigenvalue weighted by molar-refractivity contribution is 0.875. The van der Waals surface area contributed by atoms with Crippen molar-refractivity contribution < 1.29 is 0 Å². The Morgan fingerprint density at radius 1 is 1.26 bits per heavy atom. The zero-order valence-corrected chi connectivity index (χ0v) is 11.8. The van der Waals surface area contributed by atoms with Crippen LogP contribution in [-0.4, -0.2) is 9.97 Å². The molecule has 100 valence electrons. The molecular formula is C14H17ClN4. The zero-order valence-electron chi connectivity index (χ0n) is 11.1. The Balaban J connectivity index is 2.51. The van der Waals surface area contributed by atoms with Crippen molar-refractivity contribution in [3.8, 4) is 11.4 Å². The molecule has 2 aromatic rings. The molecule has 2 rings (SSSR count). The molecule has 1 heterocycles. The molecule has 0 unspecified atom stereocenters. The van der Waals surface area contributed by atoms with Gasteiger partial charge in [0.1, 0.15) is 5.82 Å². The molecule has 0 amide bonds. The lowest BCUT2D eigenvalue weighted by atomic mass is 10.1. The van der Waals surface area contributed by atoms with E-state index in [4.69, 9.17) is 17.4 Å². The fourth-order valence-electron chi connectivity index (χ4n) is 1.95. The van der Waals surface area contributed by atoms with E-state index in [0.717, 1.165) is 29.7 Å². The van der Waals surface area contributed by atoms with Crippen LogP contribution in [-0.2, 0) is 6.42 Å². The SMILES string of the molecule is CCCc1cc(NN)nc(-c2ccc(Cl)cc2C)n1. The van der Waals surface area contributed by atoms with Gasteiger partial charge in [0.2, 0.25) is 0 Å². The summed E-state index contributed by atoms with van der Waals surface area (Å²) >= 11 is 5.97. The van der Waals surface area contributed by atoms with Gasteiger partial charge < -0.3 is 5.43 Å². The summed E-state index contributed by atoms with van der Waals surface area (Å²) < 4.78 is 0. The van der Waals surface area contributed by atoms with E-state index in [1.807, 2.05) is 31.2 Å². The number of hydrogen-bond donors (Lipinski definition) is 2. The quantitative estimate of drug-likeness (QED) is 0.664. The molecule has 5 heteroatoms. The average molecular weight is 277 g/mol. The van der Waals surface area contributed by atoms with E-state index in [1.165, 1.54) is 0 Å². The van der Waals surface area contributed by atoms with Crippen LogP contribution in [0.25, 0.3) is 11.4 Å². The Labute approximate surface area is 118 Å². The van der Waals surface area contributed by atoms with Crippen LogP contribution in [0.2, 0.25) is 5.02 Å². The third-order valence-electron chi connectivity index (χ3n) is 2.86. The van der Waals surface area contributed by atoms with E-state index in [0.29, 0.717) is 16.7 Å². The highest BCUT2D eigenvalue weighted by atomic mass is 35.5. The molecule has 0 spiro atoms. The number of aromatic nitrogens is 2. The number of nitrogens with zero attached hydrogens (tertiary/aromatic N) is 2. The number of halogens is 1. The van der Waals surface area contributed by atoms with Gasteiger partial charge in [-0.1, -0.05) is 24.9 Å². The first-order valence-electron chi connectivity index (χ1n) is 6.25. The lowest BCUT2D eigenvalue weighted by Crippen LogP contribution is -2.10. The molecule has 0 radical (unpaired) electrons. The Hall–Kier alpha value is -1.65. The highest BCUT2D eigenvalue weighted by Crippen LogP contribution is 2.24. The molecule has 0 saturated carbocycles. The van der Waals surface area contributed by atoms with Gasteiger partial charge in [-0.15, -0.1) is 0 Å². The Morgan fingerprint density at radius 3 is 2.68 bits per heavy atom. The first-order valence-corrected chi connectivity index (χ1v) is 6.63. The number of benzene rings is 1. The van der Waals surface area contributed by atoms with Gasteiger partial charge in [-0.2, -0.15) is 0 Å². The molecule has 4 nitrogen and oxygen atoms in total. The summed E-state index contributed by atoms with van der Waals surface area (Å²) in [5.41, 5.74) is 5.59. The summed E-state index contributed by atoms with van der Waals surface area (Å²) in [5, 5.41) is 0.711. The normalized spacial score (nSPS) is 10.5. The number of rotatable bonds is 4. The largest absolute Gasteiger partial charge is 0.308 e. The van der Waals surface area contributed by atoms with E-state index in [-0.39, 0.29) is 0 Å². The summed E-state index contributed by atoms with van der Waals surface area (Å²) in [5.74, 6) is 6.76. The molecule has 0 bridgehead atoms. The zero-order chi connectivity index (χ0) is 13.8. The van der Waals surface area contributed by atoms with E-state index in [1.54, 1.807) is 0 Å². The van der Waals surface area contributed by atoms with Crippen LogP contribution in [0.4, 0.5) is 5.82 Å². The summed E-state index contributed by atoms with van der Waals surface area (Å²) in [6.45, 7) is 4.11. The molecule has 0 atom stereocenters. The minimum Gasteiger partial charge on any atom is -0.308 e. The second-order valence-electron chi connectivity index (χ2n) is 4.42. The van der Waals surface area contributed by atoms with Crippen molar-refractivity contribution >= 4 is 17.4 Å². The van der Waals surface area contributed by atoms with Crippen LogP contribution in [0.1, 0.15) is 24.6 Å². The number of hydrogen-bond acceptors (Lipinski definition) is 4. The molecule has 1 aromatic heterocycles. The van der Waals surface area contributed by atoms with E-state index in [9.17, 15) is 0 Å². The Morgan fingerprint density at radius 2 is 2.05 bits per heavy atom. The highest BCUT2D eigenvalue weighted by molar-refractivity contribution is 6.30. The summed E-state index contributed by atoms with van der Waals surface area (Å²) in [7, 11) is 0. The predicted octanol–water partition coefficient (Wildman–Crippen LogP) is 3.34. The molecular weight excluding hydrogens is 260 g/mol. The number of aryl methyl sites for hydroxylation is 2. The highest BCUT2D eigenvalue weighted by Gasteiger charge is 2.09. The van der Waals surface area contributed by atoms with Crippen molar-refractivity contribution in [1.82, 2.24) is 9.97 Å². The molecule has 3 N–H and O–H groups in total. The van der Waals surface area contributed by atoms with Gasteiger partial charge in [0.05, 0.1) is 0 Å². The maximum atomic E-state index is 5.97. The summed E-state index contributed by atoms with van der Waals surface area (Å²) in [6, 6.07) is 7.55. The molecule has 0 saturated heterocycles. The fraction of sp³-hybridized carbons (Fsp3) is 0.286. The monoisotopic (exact) mass is 276 g/mol. The van der Waals surface area contributed by atoms with Gasteiger partial charge in [0.15, 0.2) is 5.82 Å². The average Bonchev–Trinajstić information content (AvgIpc) is 2.38. The number of anilines is 1. The fourth-order valence-corrected chi connectivity index (χ4v) is 2.18. The van der Waals surface area contributed by atoms with Crippen molar-refractivity contribution in [2.75, 3.05) is 5.43 Å². The maximum Gasteiger partial charge on any atom is 0.162 e. The van der Waals surface area contributed by atoms with Crippen LogP contribution in [0.5, 0.6) is 0 Å². The summed E-state index contributed by atoms with van der Waals surface area (Å²) in [6.07, 6.45) is 1.93. The number of nitrogens with two attached hydrogens (primary N) is 1. The maximum absolute atomic E-state index is 5.97. The van der Waals surface area contributed by atoms with Crippen molar-refractivity contribution in [1.29, 1.82) is 0 Å². The second-order valence-corrected chi connectivity index (χ2v) is 4.86. The van der Waals surface area contributed by atoms with Gasteiger partial charge in [0.25, 0.3) is 0 Å². The van der Waals surface area contributed by atoms with Crippen LogP contribution >= 0.6 is 11.6 Å². The minimum absolute atomic E-state index is 0.628. The molecule has 19 heavy (non-hydrogen) atoms. The van der Waals surface area contributed by atoms with Gasteiger partial charge in [-0.3, -0.25) is 0 Å². The van der Waals surface area contributed by atoms with Gasteiger partial charge >= 0.3 is 0 Å². The number of hydrazine groups is 1. The van der Waals surface area contributed by atoms with Crippen LogP contribution < -0.4 is 11.3 Å². The standard InChI is InChI=1S/C14H17ClN4/c1-3-4-11-8-13(19-16)18-14(17-11)12-6-5-10(15)7-9(12)2/h5-8H,3-4,16H2,1-2H3,(H,17,18,19). The molecule has 1 aromatic carbocycles. The van der Waals surface area contributed by atoms with E-state index >= 15 is 0 Å². The van der Waals surface area contributed by atoms with E-state index < -0.39 is 0 Å². The number of nitrogen functional groups attached to an aromatic ring is 1. The first-order chi connectivity index (χ1) is 9.13. The predicted molar refractivity (Wildman–Crippen MR) is 79.0 cm³/mol. The third-order valence-corrected chi connectivity index (χ3v) is 3.10. The van der Waals surface area contributed by atoms with E-state index in [2.05, 4.69) is 22.3 Å². The third kappa shape index (κ3) is 3.22. The van der Waals surface area contributed by atoms with Crippen LogP contribution in [0, 0.1) is 6.92 Å². The Bertz CT molecular complexity index is 584. The topological polar surface area (TPSA) is 63.8 Å². The van der Waals surface area contributed by atoms with Crippen molar-refractivity contribution in [2.45, 2.75) is 26.7 Å². The number of nitrogens with one attached hydrogen (secondary N) is 1. The minimum atomic E-state index is 0.628. The van der Waals surface area contributed by atoms with Crippen molar-refractivity contribution in [3.63, 3.8) is 0 Å². The molecule has 0 aliphatic carbocycles. The first kappa shape index (κ1) is 13.8. The lowest BCUT2D eigenvalue weighted by Gasteiger charge is -2.09. The molecule has 0 aliphatic heterocycles. The van der Waals surface area contributed by atoms with Crippen molar-refractivity contribution in [3.05, 3.63) is 40.5 Å². The van der Waals surface area contributed by atoms with Gasteiger partial charge in [-0.05, 0) is 37.1 Å². The molecule has 0 fully saturated rings. The summed E-state index contributed by atoms with van der Waals surface area (Å²) in [4.78, 5) is 8.99. The van der Waals surface area contributed by atoms with Crippen LogP contribution in [0.15, 0.2) is 24.3 Å². The smallest absolute Gasteiger partial charge is 0.162 e. The van der Waals surface area contributed by atoms with Gasteiger partial charge in [0, 0.05) is 22.3 Å². The van der Waals surface area contributed by atoms with Gasteiger partial charge in [-0.25, -0.2) is 15.8 Å². The Kier molecular flexibility index (Phi) is 4.35.